The van der Waals surface area contributed by atoms with Crippen LogP contribution in [0.15, 0.2) is 42.9 Å². The fourth-order valence-electron chi connectivity index (χ4n) is 2.48. The van der Waals surface area contributed by atoms with Crippen molar-refractivity contribution in [3.05, 3.63) is 54.2 Å². The van der Waals surface area contributed by atoms with E-state index in [9.17, 15) is 0 Å². The lowest BCUT2D eigenvalue weighted by Gasteiger charge is -2.20. The molecule has 0 aliphatic rings. The zero-order chi connectivity index (χ0) is 14.8. The topological polar surface area (TPSA) is 34.0 Å². The number of aryl methyl sites for hydroxylation is 1. The van der Waals surface area contributed by atoms with Gasteiger partial charge in [-0.2, -0.15) is 0 Å². The van der Waals surface area contributed by atoms with E-state index in [4.69, 9.17) is 11.6 Å². The predicted octanol–water partition coefficient (Wildman–Crippen LogP) is 3.34. The highest BCUT2D eigenvalue weighted by Crippen LogP contribution is 2.28. The smallest absolute Gasteiger partial charge is 0.136 e. The summed E-state index contributed by atoms with van der Waals surface area (Å²) in [6.07, 6.45) is 5.62. The molecule has 0 N–H and O–H groups in total. The highest BCUT2D eigenvalue weighted by Gasteiger charge is 2.12. The van der Waals surface area contributed by atoms with E-state index in [-0.39, 0.29) is 0 Å². The molecule has 4 nitrogen and oxygen atoms in total. The minimum atomic E-state index is 0.469. The summed E-state index contributed by atoms with van der Waals surface area (Å²) in [6, 6.07) is 8.23. The summed E-state index contributed by atoms with van der Waals surface area (Å²) in [4.78, 5) is 11.1. The number of rotatable bonds is 4. The number of halogens is 1. The number of nitrogens with zero attached hydrogens (tertiary/aromatic N) is 4. The van der Waals surface area contributed by atoms with Gasteiger partial charge in [0.2, 0.25) is 0 Å². The number of hydrogen-bond acceptors (Lipinski definition) is 3. The third-order valence-electron chi connectivity index (χ3n) is 3.66. The van der Waals surface area contributed by atoms with Crippen molar-refractivity contribution in [3.8, 4) is 0 Å². The van der Waals surface area contributed by atoms with Crippen molar-refractivity contribution in [2.75, 3.05) is 11.9 Å². The van der Waals surface area contributed by atoms with Crippen LogP contribution in [0.1, 0.15) is 11.4 Å². The lowest BCUT2D eigenvalue weighted by molar-refractivity contribution is 0.757. The molecule has 0 amide bonds. The molecule has 2 heterocycles. The summed E-state index contributed by atoms with van der Waals surface area (Å²) in [5.74, 6) is 2.42. The van der Waals surface area contributed by atoms with Crippen LogP contribution in [0, 0.1) is 0 Å². The molecule has 0 saturated heterocycles. The molecule has 0 unspecified atom stereocenters. The van der Waals surface area contributed by atoms with E-state index < -0.39 is 0 Å². The Morgan fingerprint density at radius 1 is 1.19 bits per heavy atom. The van der Waals surface area contributed by atoms with Gasteiger partial charge in [0.25, 0.3) is 0 Å². The Balaban J connectivity index is 2.02. The quantitative estimate of drug-likeness (QED) is 0.693. The van der Waals surface area contributed by atoms with Crippen molar-refractivity contribution in [3.63, 3.8) is 0 Å². The van der Waals surface area contributed by atoms with Crippen LogP contribution >= 0.6 is 11.6 Å². The van der Waals surface area contributed by atoms with Crippen LogP contribution in [0.3, 0.4) is 0 Å². The first-order valence-electron chi connectivity index (χ1n) is 6.80. The second-order valence-electron chi connectivity index (χ2n) is 5.10. The Morgan fingerprint density at radius 3 is 2.62 bits per heavy atom. The molecule has 0 atom stereocenters. The summed E-state index contributed by atoms with van der Waals surface area (Å²) in [5, 5.41) is 2.27. The van der Waals surface area contributed by atoms with Gasteiger partial charge in [-0.15, -0.1) is 11.6 Å². The van der Waals surface area contributed by atoms with Gasteiger partial charge in [0, 0.05) is 44.0 Å². The van der Waals surface area contributed by atoms with Crippen molar-refractivity contribution in [2.24, 2.45) is 7.05 Å². The summed E-state index contributed by atoms with van der Waals surface area (Å²) in [5.41, 5.74) is 1.06. The van der Waals surface area contributed by atoms with Gasteiger partial charge in [0.1, 0.15) is 11.6 Å². The molecule has 2 aromatic heterocycles. The fraction of sp³-hybridized carbons (Fsp3) is 0.250. The molecule has 108 valence electrons. The van der Waals surface area contributed by atoms with E-state index in [2.05, 4.69) is 27.0 Å². The lowest BCUT2D eigenvalue weighted by atomic mass is 10.1. The summed E-state index contributed by atoms with van der Waals surface area (Å²) < 4.78 is 2.02. The number of aromatic nitrogens is 3. The van der Waals surface area contributed by atoms with Crippen molar-refractivity contribution in [2.45, 2.75) is 12.4 Å². The predicted molar refractivity (Wildman–Crippen MR) is 86.6 cm³/mol. The van der Waals surface area contributed by atoms with E-state index in [1.165, 1.54) is 0 Å². The second-order valence-corrected chi connectivity index (χ2v) is 5.36. The van der Waals surface area contributed by atoms with Crippen molar-refractivity contribution in [1.29, 1.82) is 0 Å². The molecule has 0 aliphatic carbocycles. The average molecular weight is 301 g/mol. The number of pyridine rings is 1. The molecule has 0 spiro atoms. The number of anilines is 1. The van der Waals surface area contributed by atoms with Gasteiger partial charge in [0.05, 0.1) is 6.54 Å². The van der Waals surface area contributed by atoms with Gasteiger partial charge in [0.15, 0.2) is 0 Å². The molecule has 21 heavy (non-hydrogen) atoms. The van der Waals surface area contributed by atoms with Gasteiger partial charge >= 0.3 is 0 Å². The summed E-state index contributed by atoms with van der Waals surface area (Å²) >= 11 is 6.01. The molecule has 1 aromatic carbocycles. The van der Waals surface area contributed by atoms with Crippen molar-refractivity contribution >= 4 is 28.2 Å². The Morgan fingerprint density at radius 2 is 1.95 bits per heavy atom. The minimum absolute atomic E-state index is 0.469. The molecule has 0 bridgehead atoms. The maximum absolute atomic E-state index is 6.01. The molecular weight excluding hydrogens is 284 g/mol. The van der Waals surface area contributed by atoms with Gasteiger partial charge in [-0.25, -0.2) is 9.97 Å². The van der Waals surface area contributed by atoms with Crippen LogP contribution in [0.5, 0.6) is 0 Å². The average Bonchev–Trinajstić information content (AvgIpc) is 2.91. The SMILES string of the molecule is CN(Cc1nccn1C)c1ncc(CCl)c2ccccc12. The number of imidazole rings is 1. The summed E-state index contributed by atoms with van der Waals surface area (Å²) in [6.45, 7) is 0.709. The normalized spacial score (nSPS) is 11.0. The first-order valence-corrected chi connectivity index (χ1v) is 7.34. The highest BCUT2D eigenvalue weighted by atomic mass is 35.5. The molecule has 5 heteroatoms. The fourth-order valence-corrected chi connectivity index (χ4v) is 2.70. The van der Waals surface area contributed by atoms with Crippen LogP contribution < -0.4 is 4.90 Å². The van der Waals surface area contributed by atoms with Gasteiger partial charge in [-0.3, -0.25) is 0 Å². The van der Waals surface area contributed by atoms with Crippen LogP contribution in [-0.4, -0.2) is 21.6 Å². The maximum atomic E-state index is 6.01. The maximum Gasteiger partial charge on any atom is 0.136 e. The van der Waals surface area contributed by atoms with Gasteiger partial charge < -0.3 is 9.47 Å². The van der Waals surface area contributed by atoms with Crippen LogP contribution in [0.25, 0.3) is 10.8 Å². The monoisotopic (exact) mass is 300 g/mol. The minimum Gasteiger partial charge on any atom is -0.352 e. The van der Waals surface area contributed by atoms with E-state index in [1.807, 2.05) is 49.4 Å². The van der Waals surface area contributed by atoms with Crippen LogP contribution in [0.2, 0.25) is 0 Å². The third-order valence-corrected chi connectivity index (χ3v) is 3.95. The van der Waals surface area contributed by atoms with Crippen molar-refractivity contribution < 1.29 is 0 Å². The van der Waals surface area contributed by atoms with E-state index in [1.54, 1.807) is 0 Å². The first kappa shape index (κ1) is 13.9. The van der Waals surface area contributed by atoms with E-state index >= 15 is 0 Å². The zero-order valence-electron chi connectivity index (χ0n) is 12.1. The van der Waals surface area contributed by atoms with Crippen molar-refractivity contribution in [1.82, 2.24) is 14.5 Å². The Labute approximate surface area is 129 Å². The second kappa shape index (κ2) is 5.74. The molecular formula is C16H17ClN4. The molecule has 0 saturated carbocycles. The molecule has 0 radical (unpaired) electrons. The Bertz CT molecular complexity index is 766. The van der Waals surface area contributed by atoms with Crippen LogP contribution in [-0.2, 0) is 19.5 Å². The van der Waals surface area contributed by atoms with Gasteiger partial charge in [-0.1, -0.05) is 24.3 Å². The Kier molecular flexibility index (Phi) is 3.80. The Hall–Kier alpha value is -2.07. The van der Waals surface area contributed by atoms with Gasteiger partial charge in [-0.05, 0) is 10.9 Å². The summed E-state index contributed by atoms with van der Waals surface area (Å²) in [7, 11) is 4.03. The van der Waals surface area contributed by atoms with Crippen LogP contribution in [0.4, 0.5) is 5.82 Å². The van der Waals surface area contributed by atoms with E-state index in [0.29, 0.717) is 12.4 Å². The number of hydrogen-bond donors (Lipinski definition) is 0. The number of benzene rings is 1. The number of alkyl halides is 1. The standard InChI is InChI=1S/C16H17ClN4/c1-20-8-7-18-15(20)11-21(2)16-14-6-4-3-5-13(14)12(9-17)10-19-16/h3-8,10H,9,11H2,1-2H3. The lowest BCUT2D eigenvalue weighted by Crippen LogP contribution is -2.20. The van der Waals surface area contributed by atoms with E-state index in [0.717, 1.165) is 28.0 Å². The number of fused-ring (bicyclic) bond motifs is 1. The first-order chi connectivity index (χ1) is 10.2. The molecule has 3 rings (SSSR count). The highest BCUT2D eigenvalue weighted by molar-refractivity contribution is 6.18. The zero-order valence-corrected chi connectivity index (χ0v) is 12.9. The molecule has 0 aliphatic heterocycles. The molecule has 0 fully saturated rings. The third kappa shape index (κ3) is 2.59. The largest absolute Gasteiger partial charge is 0.352 e. The molecule has 3 aromatic rings.